The number of fused-ring (bicyclic) bond motifs is 2. The molecule has 0 bridgehead atoms. The highest BCUT2D eigenvalue weighted by molar-refractivity contribution is 7.08. The Morgan fingerprint density at radius 2 is 2.00 bits per heavy atom. The lowest BCUT2D eigenvalue weighted by molar-refractivity contribution is -0.123. The Kier molecular flexibility index (Phi) is 7.45. The van der Waals surface area contributed by atoms with Gasteiger partial charge >= 0.3 is 0 Å². The first kappa shape index (κ1) is 31.9. The van der Waals surface area contributed by atoms with Gasteiger partial charge in [0.2, 0.25) is 11.7 Å². The van der Waals surface area contributed by atoms with E-state index in [2.05, 4.69) is 15.4 Å². The normalized spacial score (nSPS) is 19.0. The van der Waals surface area contributed by atoms with Crippen molar-refractivity contribution in [3.8, 4) is 22.8 Å². The zero-order chi connectivity index (χ0) is 34.2. The van der Waals surface area contributed by atoms with Gasteiger partial charge in [-0.2, -0.15) is 16.4 Å². The number of hydrogen-bond donors (Lipinski definition) is 3. The SMILES string of the molecule is COc1cc(C(=O)NC[C@@](O)(c2ccsc2)c2cc3c(c(-c4cc(Cl)c(F)cc4F)n2)OC[C@]3(C)C(N)=O)cc2cn(C3(F)CC3)nc12. The summed E-state index contributed by atoms with van der Waals surface area (Å²) in [6, 6.07) is 7.68. The van der Waals surface area contributed by atoms with Crippen LogP contribution in [0.4, 0.5) is 13.2 Å². The molecule has 15 heteroatoms. The van der Waals surface area contributed by atoms with Crippen LogP contribution >= 0.6 is 22.9 Å². The van der Waals surface area contributed by atoms with Gasteiger partial charge in [-0.1, -0.05) is 11.6 Å². The number of methoxy groups -OCH3 is 1. The number of carbonyl (C=O) groups is 2. The van der Waals surface area contributed by atoms with Crippen molar-refractivity contribution in [1.82, 2.24) is 20.1 Å². The van der Waals surface area contributed by atoms with Gasteiger partial charge in [0.25, 0.3) is 5.91 Å². The fourth-order valence-corrected chi connectivity index (χ4v) is 6.65. The molecular weight excluding hydrogens is 671 g/mol. The van der Waals surface area contributed by atoms with E-state index in [-0.39, 0.29) is 51.2 Å². The van der Waals surface area contributed by atoms with Gasteiger partial charge in [-0.25, -0.2) is 22.8 Å². The summed E-state index contributed by atoms with van der Waals surface area (Å²) in [7, 11) is 1.41. The maximum atomic E-state index is 15.3. The van der Waals surface area contributed by atoms with Crippen LogP contribution < -0.4 is 20.5 Å². The molecule has 2 aromatic carbocycles. The van der Waals surface area contributed by atoms with Crippen LogP contribution in [-0.2, 0) is 21.6 Å². The van der Waals surface area contributed by atoms with Gasteiger partial charge in [0.15, 0.2) is 0 Å². The minimum absolute atomic E-state index is 0.0144. The molecule has 2 atom stereocenters. The number of benzene rings is 2. The second kappa shape index (κ2) is 11.2. The van der Waals surface area contributed by atoms with Crippen LogP contribution in [0.5, 0.6) is 11.5 Å². The highest BCUT2D eigenvalue weighted by atomic mass is 35.5. The second-order valence-corrected chi connectivity index (χ2v) is 13.3. The molecule has 2 amide bonds. The van der Waals surface area contributed by atoms with Gasteiger partial charge in [-0.05, 0) is 48.0 Å². The number of thiophene rings is 1. The number of aliphatic hydroxyl groups is 1. The molecule has 48 heavy (non-hydrogen) atoms. The number of rotatable bonds is 9. The Bertz CT molecular complexity index is 2140. The van der Waals surface area contributed by atoms with E-state index in [1.807, 2.05) is 0 Å². The fraction of sp³-hybridized carbons (Fsp3) is 0.273. The lowest BCUT2D eigenvalue weighted by atomic mass is 9.81. The summed E-state index contributed by atoms with van der Waals surface area (Å²) in [6.07, 6.45) is 2.18. The molecule has 2 aliphatic rings. The Labute approximate surface area is 280 Å². The molecule has 5 aromatic rings. The zero-order valence-corrected chi connectivity index (χ0v) is 27.0. The Morgan fingerprint density at radius 3 is 2.67 bits per heavy atom. The molecule has 10 nitrogen and oxygen atoms in total. The first-order valence-electron chi connectivity index (χ1n) is 14.7. The minimum atomic E-state index is -2.05. The number of hydrogen-bond acceptors (Lipinski definition) is 8. The van der Waals surface area contributed by atoms with Crippen molar-refractivity contribution in [2.24, 2.45) is 5.73 Å². The predicted molar refractivity (Wildman–Crippen MR) is 171 cm³/mol. The van der Waals surface area contributed by atoms with E-state index in [1.54, 1.807) is 16.8 Å². The lowest BCUT2D eigenvalue weighted by Crippen LogP contribution is -2.43. The largest absolute Gasteiger partial charge is 0.494 e. The van der Waals surface area contributed by atoms with E-state index in [0.29, 0.717) is 35.4 Å². The number of pyridine rings is 1. The molecule has 4 N–H and O–H groups in total. The molecule has 1 aliphatic heterocycles. The Hall–Kier alpha value is -4.66. The van der Waals surface area contributed by atoms with E-state index in [0.717, 1.165) is 6.07 Å². The molecule has 0 saturated heterocycles. The van der Waals surface area contributed by atoms with Crippen LogP contribution in [0.15, 0.2) is 53.4 Å². The molecule has 3 aromatic heterocycles. The molecule has 0 spiro atoms. The van der Waals surface area contributed by atoms with Gasteiger partial charge < -0.3 is 25.6 Å². The van der Waals surface area contributed by atoms with E-state index in [9.17, 15) is 23.5 Å². The summed E-state index contributed by atoms with van der Waals surface area (Å²) in [5.74, 6) is -4.66. The average molecular weight is 698 g/mol. The maximum absolute atomic E-state index is 15.3. The number of carbonyl (C=O) groups excluding carboxylic acids is 2. The van der Waals surface area contributed by atoms with Gasteiger partial charge in [0.1, 0.15) is 52.0 Å². The monoisotopic (exact) mass is 697 g/mol. The van der Waals surface area contributed by atoms with Gasteiger partial charge in [0.05, 0.1) is 24.4 Å². The van der Waals surface area contributed by atoms with E-state index >= 15 is 4.39 Å². The third-order valence-corrected chi connectivity index (χ3v) is 9.91. The van der Waals surface area contributed by atoms with E-state index < -0.39 is 46.8 Å². The summed E-state index contributed by atoms with van der Waals surface area (Å²) in [6.45, 7) is 0.889. The number of aromatic nitrogens is 3. The number of ether oxygens (including phenoxy) is 2. The summed E-state index contributed by atoms with van der Waals surface area (Å²) < 4.78 is 56.7. The third-order valence-electron chi connectivity index (χ3n) is 8.94. The highest BCUT2D eigenvalue weighted by Gasteiger charge is 2.47. The van der Waals surface area contributed by atoms with Crippen molar-refractivity contribution in [3.63, 3.8) is 0 Å². The van der Waals surface area contributed by atoms with Crippen LogP contribution in [0.3, 0.4) is 0 Å². The van der Waals surface area contributed by atoms with E-state index in [1.165, 1.54) is 54.4 Å². The molecule has 7 rings (SSSR count). The number of halogens is 4. The number of amides is 2. The molecule has 1 saturated carbocycles. The fourth-order valence-electron chi connectivity index (χ4n) is 5.76. The summed E-state index contributed by atoms with van der Waals surface area (Å²) in [4.78, 5) is 30.9. The van der Waals surface area contributed by atoms with Crippen molar-refractivity contribution in [2.75, 3.05) is 20.3 Å². The molecular formula is C33H27ClF3N5O5S. The smallest absolute Gasteiger partial charge is 0.251 e. The highest BCUT2D eigenvalue weighted by Crippen LogP contribution is 2.48. The van der Waals surface area contributed by atoms with Crippen LogP contribution in [0, 0.1) is 11.6 Å². The van der Waals surface area contributed by atoms with E-state index in [4.69, 9.17) is 26.8 Å². The van der Waals surface area contributed by atoms with Gasteiger partial charge in [-0.3, -0.25) is 9.59 Å². The Balaban J connectivity index is 1.32. The number of nitrogens with two attached hydrogens (primary N) is 1. The first-order chi connectivity index (χ1) is 22.8. The van der Waals surface area contributed by atoms with Crippen molar-refractivity contribution in [2.45, 2.75) is 36.6 Å². The van der Waals surface area contributed by atoms with Crippen LogP contribution in [0.25, 0.3) is 22.2 Å². The predicted octanol–water partition coefficient (Wildman–Crippen LogP) is 5.32. The summed E-state index contributed by atoms with van der Waals surface area (Å²) in [5.41, 5.74) is 2.92. The molecule has 1 fully saturated rings. The number of primary amides is 1. The average Bonchev–Trinajstić information content (AvgIpc) is 3.45. The van der Waals surface area contributed by atoms with Crippen LogP contribution in [0.1, 0.15) is 46.9 Å². The summed E-state index contributed by atoms with van der Waals surface area (Å²) in [5, 5.41) is 22.9. The standard InChI is InChI=1S/C33H27ClF3N5O5S/c1-31(30(38)44)15-47-28-20(31)10-25(40-27(28)19-9-21(34)23(36)11-22(19)35)33(45,18-3-6-48-13-18)14-39-29(43)16-7-17-12-42(32(37)4-5-32)41-26(17)24(8-16)46-2/h3,6-13,45H,4-5,14-15H2,1-2H3,(H2,38,44)(H,39,43)/t31-,33+/m0/s1. The molecule has 1 aliphatic carbocycles. The van der Waals surface area contributed by atoms with Gasteiger partial charge in [-0.15, -0.1) is 0 Å². The number of nitrogens with one attached hydrogen (secondary N) is 1. The summed E-state index contributed by atoms with van der Waals surface area (Å²) >= 11 is 7.29. The second-order valence-electron chi connectivity index (χ2n) is 12.1. The van der Waals surface area contributed by atoms with Crippen molar-refractivity contribution in [1.29, 1.82) is 0 Å². The topological polar surface area (TPSA) is 142 Å². The number of nitrogens with zero attached hydrogens (tertiary/aromatic N) is 3. The van der Waals surface area contributed by atoms with Crippen LogP contribution in [0.2, 0.25) is 5.02 Å². The van der Waals surface area contributed by atoms with Crippen molar-refractivity contribution >= 4 is 45.7 Å². The zero-order valence-electron chi connectivity index (χ0n) is 25.4. The molecule has 248 valence electrons. The molecule has 0 unspecified atom stereocenters. The number of alkyl halides is 1. The lowest BCUT2D eigenvalue weighted by Gasteiger charge is -2.29. The first-order valence-corrected chi connectivity index (χ1v) is 16.0. The Morgan fingerprint density at radius 1 is 1.23 bits per heavy atom. The quantitative estimate of drug-likeness (QED) is 0.177. The van der Waals surface area contributed by atoms with Crippen LogP contribution in [-0.4, -0.2) is 51.9 Å². The minimum Gasteiger partial charge on any atom is -0.494 e. The molecule has 4 heterocycles. The van der Waals surface area contributed by atoms with Crippen molar-refractivity contribution < 1.29 is 37.3 Å². The van der Waals surface area contributed by atoms with Crippen molar-refractivity contribution in [3.05, 3.63) is 92.4 Å². The van der Waals surface area contributed by atoms with Gasteiger partial charge in [0, 0.05) is 52.7 Å². The maximum Gasteiger partial charge on any atom is 0.251 e. The third kappa shape index (κ3) is 5.06. The molecule has 0 radical (unpaired) electrons.